The highest BCUT2D eigenvalue weighted by Crippen LogP contribution is 2.34. The summed E-state index contributed by atoms with van der Waals surface area (Å²) in [7, 11) is 0. The Morgan fingerprint density at radius 1 is 1.08 bits per heavy atom. The SMILES string of the molecule is [CH2]C(CCCC)C(C)(C)CCCC. The highest BCUT2D eigenvalue weighted by molar-refractivity contribution is 4.79. The van der Waals surface area contributed by atoms with Crippen molar-refractivity contribution in [2.45, 2.75) is 66.2 Å². The van der Waals surface area contributed by atoms with Gasteiger partial charge < -0.3 is 0 Å². The number of hydrogen-bond donors (Lipinski definition) is 0. The summed E-state index contributed by atoms with van der Waals surface area (Å²) in [4.78, 5) is 0. The lowest BCUT2D eigenvalue weighted by Gasteiger charge is -2.31. The monoisotopic (exact) mass is 183 g/mol. The smallest absolute Gasteiger partial charge is 0.0326 e. The zero-order chi connectivity index (χ0) is 10.3. The predicted octanol–water partition coefficient (Wildman–Crippen LogP) is 4.84. The lowest BCUT2D eigenvalue weighted by molar-refractivity contribution is 0.214. The second kappa shape index (κ2) is 6.45. The Kier molecular flexibility index (Phi) is 6.45. The zero-order valence-corrected chi connectivity index (χ0v) is 10.0. The van der Waals surface area contributed by atoms with Crippen LogP contribution in [-0.2, 0) is 0 Å². The van der Waals surface area contributed by atoms with E-state index in [0.717, 1.165) is 0 Å². The minimum Gasteiger partial charge on any atom is -0.0654 e. The average molecular weight is 183 g/mol. The van der Waals surface area contributed by atoms with Crippen LogP contribution >= 0.6 is 0 Å². The molecule has 0 aliphatic carbocycles. The molecule has 0 saturated heterocycles. The summed E-state index contributed by atoms with van der Waals surface area (Å²) in [6.07, 6.45) is 7.93. The second-order valence-electron chi connectivity index (χ2n) is 4.93. The molecule has 0 aromatic carbocycles. The molecule has 0 spiro atoms. The van der Waals surface area contributed by atoms with Crippen LogP contribution < -0.4 is 0 Å². The van der Waals surface area contributed by atoms with Crippen molar-refractivity contribution in [3.8, 4) is 0 Å². The maximum Gasteiger partial charge on any atom is -0.0326 e. The lowest BCUT2D eigenvalue weighted by Crippen LogP contribution is -2.21. The first-order valence-corrected chi connectivity index (χ1v) is 5.87. The second-order valence-corrected chi connectivity index (χ2v) is 4.93. The molecule has 0 bridgehead atoms. The molecule has 0 saturated carbocycles. The van der Waals surface area contributed by atoms with Crippen molar-refractivity contribution in [3.05, 3.63) is 6.92 Å². The third-order valence-electron chi connectivity index (χ3n) is 3.19. The van der Waals surface area contributed by atoms with Gasteiger partial charge in [0.25, 0.3) is 0 Å². The van der Waals surface area contributed by atoms with E-state index in [9.17, 15) is 0 Å². The van der Waals surface area contributed by atoms with E-state index in [-0.39, 0.29) is 0 Å². The molecular weight excluding hydrogens is 156 g/mol. The van der Waals surface area contributed by atoms with E-state index in [1.54, 1.807) is 0 Å². The molecule has 79 valence electrons. The number of rotatable bonds is 7. The molecule has 0 heterocycles. The van der Waals surface area contributed by atoms with Gasteiger partial charge >= 0.3 is 0 Å². The van der Waals surface area contributed by atoms with E-state index in [4.69, 9.17) is 0 Å². The summed E-state index contributed by atoms with van der Waals surface area (Å²) >= 11 is 0. The Morgan fingerprint density at radius 3 is 2.08 bits per heavy atom. The first-order chi connectivity index (χ1) is 6.04. The van der Waals surface area contributed by atoms with E-state index in [1.807, 2.05) is 0 Å². The van der Waals surface area contributed by atoms with Gasteiger partial charge in [0.2, 0.25) is 0 Å². The summed E-state index contributed by atoms with van der Waals surface area (Å²) < 4.78 is 0. The molecular formula is C13H27. The lowest BCUT2D eigenvalue weighted by atomic mass is 9.74. The molecule has 0 aliphatic heterocycles. The van der Waals surface area contributed by atoms with E-state index >= 15 is 0 Å². The third-order valence-corrected chi connectivity index (χ3v) is 3.19. The Morgan fingerprint density at radius 2 is 1.62 bits per heavy atom. The fourth-order valence-electron chi connectivity index (χ4n) is 1.68. The third kappa shape index (κ3) is 5.33. The quantitative estimate of drug-likeness (QED) is 0.529. The van der Waals surface area contributed by atoms with Gasteiger partial charge in [-0.15, -0.1) is 0 Å². The van der Waals surface area contributed by atoms with Gasteiger partial charge in [-0.2, -0.15) is 0 Å². The summed E-state index contributed by atoms with van der Waals surface area (Å²) in [5, 5.41) is 0. The van der Waals surface area contributed by atoms with Crippen LogP contribution in [0.5, 0.6) is 0 Å². The summed E-state index contributed by atoms with van der Waals surface area (Å²) in [5.74, 6) is 0.638. The standard InChI is InChI=1S/C13H27/c1-6-8-10-12(3)13(4,5)11-9-7-2/h12H,3,6-11H2,1-2,4-5H3. The van der Waals surface area contributed by atoms with Crippen LogP contribution in [-0.4, -0.2) is 0 Å². The van der Waals surface area contributed by atoms with Gasteiger partial charge in [0.1, 0.15) is 0 Å². The summed E-state index contributed by atoms with van der Waals surface area (Å²) in [6, 6.07) is 0. The van der Waals surface area contributed by atoms with Crippen molar-refractivity contribution in [2.75, 3.05) is 0 Å². The fraction of sp³-hybridized carbons (Fsp3) is 0.923. The van der Waals surface area contributed by atoms with E-state index < -0.39 is 0 Å². The van der Waals surface area contributed by atoms with Gasteiger partial charge in [0, 0.05) is 0 Å². The Balaban J connectivity index is 3.80. The van der Waals surface area contributed by atoms with Crippen LogP contribution in [0.1, 0.15) is 66.2 Å². The van der Waals surface area contributed by atoms with Crippen LogP contribution in [0.15, 0.2) is 0 Å². The van der Waals surface area contributed by atoms with Crippen LogP contribution in [0.25, 0.3) is 0 Å². The van der Waals surface area contributed by atoms with Crippen LogP contribution in [0, 0.1) is 18.3 Å². The molecule has 0 amide bonds. The molecule has 0 fully saturated rings. The maximum atomic E-state index is 4.30. The first-order valence-electron chi connectivity index (χ1n) is 5.87. The normalized spacial score (nSPS) is 14.5. The highest BCUT2D eigenvalue weighted by Gasteiger charge is 2.24. The molecule has 0 rings (SSSR count). The summed E-state index contributed by atoms with van der Waals surface area (Å²) in [5.41, 5.74) is 0.450. The van der Waals surface area contributed by atoms with Crippen molar-refractivity contribution >= 4 is 0 Å². The van der Waals surface area contributed by atoms with Gasteiger partial charge in [-0.05, 0) is 31.1 Å². The van der Waals surface area contributed by atoms with Gasteiger partial charge in [-0.25, -0.2) is 0 Å². The zero-order valence-electron chi connectivity index (χ0n) is 10.0. The van der Waals surface area contributed by atoms with Crippen LogP contribution in [0.2, 0.25) is 0 Å². The molecule has 1 unspecified atom stereocenters. The van der Waals surface area contributed by atoms with Crippen molar-refractivity contribution in [3.63, 3.8) is 0 Å². The number of unbranched alkanes of at least 4 members (excludes halogenated alkanes) is 2. The average Bonchev–Trinajstić information content (AvgIpc) is 2.10. The molecule has 0 aliphatic rings. The topological polar surface area (TPSA) is 0 Å². The largest absolute Gasteiger partial charge is 0.0654 e. The molecule has 0 aromatic rings. The predicted molar refractivity (Wildman–Crippen MR) is 61.7 cm³/mol. The fourth-order valence-corrected chi connectivity index (χ4v) is 1.68. The Labute approximate surface area is 85.1 Å². The molecule has 0 nitrogen and oxygen atoms in total. The van der Waals surface area contributed by atoms with Gasteiger partial charge in [-0.1, -0.05) is 53.4 Å². The number of hydrogen-bond acceptors (Lipinski definition) is 0. The minimum atomic E-state index is 0.450. The van der Waals surface area contributed by atoms with Gasteiger partial charge in [0.05, 0.1) is 0 Å². The molecule has 1 radical (unpaired) electrons. The van der Waals surface area contributed by atoms with Crippen molar-refractivity contribution < 1.29 is 0 Å². The van der Waals surface area contributed by atoms with Crippen molar-refractivity contribution in [1.29, 1.82) is 0 Å². The summed E-state index contributed by atoms with van der Waals surface area (Å²) in [6.45, 7) is 13.6. The van der Waals surface area contributed by atoms with Crippen LogP contribution in [0.3, 0.4) is 0 Å². The van der Waals surface area contributed by atoms with Gasteiger partial charge in [-0.3, -0.25) is 0 Å². The highest BCUT2D eigenvalue weighted by atomic mass is 14.3. The molecule has 13 heavy (non-hydrogen) atoms. The van der Waals surface area contributed by atoms with E-state index in [0.29, 0.717) is 11.3 Å². The molecule has 1 atom stereocenters. The van der Waals surface area contributed by atoms with Gasteiger partial charge in [0.15, 0.2) is 0 Å². The minimum absolute atomic E-state index is 0.450. The first kappa shape index (κ1) is 13.0. The molecule has 0 aromatic heterocycles. The maximum absolute atomic E-state index is 4.30. The van der Waals surface area contributed by atoms with Crippen molar-refractivity contribution in [2.24, 2.45) is 11.3 Å². The van der Waals surface area contributed by atoms with Crippen molar-refractivity contribution in [1.82, 2.24) is 0 Å². The Hall–Kier alpha value is 0. The molecule has 0 heteroatoms. The molecule has 0 N–H and O–H groups in total. The van der Waals surface area contributed by atoms with E-state index in [1.165, 1.54) is 38.5 Å². The Bertz CT molecular complexity index is 113. The van der Waals surface area contributed by atoms with Crippen LogP contribution in [0.4, 0.5) is 0 Å². The van der Waals surface area contributed by atoms with E-state index in [2.05, 4.69) is 34.6 Å².